The van der Waals surface area contributed by atoms with Crippen molar-refractivity contribution < 1.29 is 8.42 Å². The zero-order valence-corrected chi connectivity index (χ0v) is 8.84. The molecule has 1 aliphatic rings. The molecule has 14 heavy (non-hydrogen) atoms. The van der Waals surface area contributed by atoms with Crippen LogP contribution in [-0.4, -0.2) is 15.0 Å². The minimum absolute atomic E-state index is 0.315. The molecule has 1 aromatic rings. The number of fused-ring (bicyclic) bond motifs is 1. The first-order chi connectivity index (χ1) is 6.65. The summed E-state index contributed by atoms with van der Waals surface area (Å²) in [6.07, 6.45) is 0.958. The van der Waals surface area contributed by atoms with Crippen molar-refractivity contribution in [3.63, 3.8) is 0 Å². The van der Waals surface area contributed by atoms with E-state index in [-0.39, 0.29) is 0 Å². The number of hydrogen-bond acceptors (Lipinski definition) is 2. The topological polar surface area (TPSA) is 46.2 Å². The van der Waals surface area contributed by atoms with Crippen LogP contribution in [0.15, 0.2) is 29.2 Å². The van der Waals surface area contributed by atoms with E-state index in [1.807, 2.05) is 12.1 Å². The van der Waals surface area contributed by atoms with Gasteiger partial charge in [-0.25, -0.2) is 13.1 Å². The molecule has 0 amide bonds. The zero-order valence-electron chi connectivity index (χ0n) is 8.03. The predicted molar refractivity (Wildman–Crippen MR) is 54.7 cm³/mol. The van der Waals surface area contributed by atoms with Gasteiger partial charge in [0.1, 0.15) is 0 Å². The number of sulfonamides is 1. The normalized spacial score (nSPS) is 24.2. The van der Waals surface area contributed by atoms with Gasteiger partial charge < -0.3 is 0 Å². The van der Waals surface area contributed by atoms with Crippen molar-refractivity contribution in [2.45, 2.75) is 24.2 Å². The van der Waals surface area contributed by atoms with Crippen molar-refractivity contribution in [3.05, 3.63) is 29.8 Å². The molecule has 0 saturated heterocycles. The van der Waals surface area contributed by atoms with Crippen molar-refractivity contribution in [1.29, 1.82) is 0 Å². The molecule has 3 nitrogen and oxygen atoms in total. The average Bonchev–Trinajstić information content (AvgIpc) is 2.18. The first-order valence-corrected chi connectivity index (χ1v) is 6.22. The fourth-order valence-corrected chi connectivity index (χ4v) is 3.20. The van der Waals surface area contributed by atoms with E-state index in [1.54, 1.807) is 12.1 Å². The summed E-state index contributed by atoms with van der Waals surface area (Å²) < 4.78 is 25.8. The quantitative estimate of drug-likeness (QED) is 0.764. The molecular formula is C10H13NO2S. The summed E-state index contributed by atoms with van der Waals surface area (Å²) in [5.74, 6) is 0.315. The van der Waals surface area contributed by atoms with Gasteiger partial charge in [0.15, 0.2) is 0 Å². The molecule has 0 radical (unpaired) electrons. The molecule has 0 unspecified atom stereocenters. The second kappa shape index (κ2) is 3.37. The number of nitrogens with one attached hydrogen (secondary N) is 1. The highest BCUT2D eigenvalue weighted by atomic mass is 32.2. The minimum atomic E-state index is -3.24. The Labute approximate surface area is 84.2 Å². The third kappa shape index (κ3) is 1.44. The third-order valence-electron chi connectivity index (χ3n) is 2.66. The lowest BCUT2D eigenvalue weighted by molar-refractivity contribution is 0.544. The van der Waals surface area contributed by atoms with Gasteiger partial charge in [0.2, 0.25) is 10.0 Å². The van der Waals surface area contributed by atoms with E-state index >= 15 is 0 Å². The van der Waals surface area contributed by atoms with E-state index in [0.29, 0.717) is 17.4 Å². The molecule has 1 aromatic carbocycles. The van der Waals surface area contributed by atoms with Gasteiger partial charge >= 0.3 is 0 Å². The van der Waals surface area contributed by atoms with Crippen LogP contribution in [0.4, 0.5) is 0 Å². The van der Waals surface area contributed by atoms with Crippen LogP contribution in [0.1, 0.15) is 24.8 Å². The maximum atomic E-state index is 11.6. The molecular weight excluding hydrogens is 198 g/mol. The van der Waals surface area contributed by atoms with E-state index in [0.717, 1.165) is 12.0 Å². The Hall–Kier alpha value is -0.870. The Kier molecular flexibility index (Phi) is 2.33. The summed E-state index contributed by atoms with van der Waals surface area (Å²) in [6.45, 7) is 2.59. The maximum Gasteiger partial charge on any atom is 0.240 e. The van der Waals surface area contributed by atoms with Crippen molar-refractivity contribution >= 4 is 10.0 Å². The van der Waals surface area contributed by atoms with Crippen LogP contribution in [0.25, 0.3) is 0 Å². The summed E-state index contributed by atoms with van der Waals surface area (Å²) in [4.78, 5) is 0.443. The molecule has 1 heterocycles. The van der Waals surface area contributed by atoms with E-state index in [1.165, 1.54) is 0 Å². The van der Waals surface area contributed by atoms with Crippen LogP contribution < -0.4 is 4.72 Å². The second-order valence-electron chi connectivity index (χ2n) is 3.49. The van der Waals surface area contributed by atoms with Gasteiger partial charge in [-0.1, -0.05) is 25.1 Å². The molecule has 0 bridgehead atoms. The molecule has 1 atom stereocenters. The standard InChI is InChI=1S/C10H13NO2S/c1-2-8-7-11-14(12,13)10-6-4-3-5-9(8)10/h3-6,8,11H,2,7H2,1H3/t8-/m1/s1. The van der Waals surface area contributed by atoms with Gasteiger partial charge in [0.05, 0.1) is 4.90 Å². The Morgan fingerprint density at radius 1 is 1.43 bits per heavy atom. The molecule has 0 fully saturated rings. The van der Waals surface area contributed by atoms with Gasteiger partial charge in [-0.2, -0.15) is 0 Å². The fourth-order valence-electron chi connectivity index (χ4n) is 1.82. The number of hydrogen-bond donors (Lipinski definition) is 1. The fraction of sp³-hybridized carbons (Fsp3) is 0.400. The molecule has 1 aliphatic heterocycles. The summed E-state index contributed by atoms with van der Waals surface area (Å²) in [5.41, 5.74) is 0.953. The molecule has 0 saturated carbocycles. The zero-order chi connectivity index (χ0) is 10.2. The van der Waals surface area contributed by atoms with E-state index in [2.05, 4.69) is 11.6 Å². The van der Waals surface area contributed by atoms with Crippen LogP contribution in [0, 0.1) is 0 Å². The molecule has 0 spiro atoms. The summed E-state index contributed by atoms with van der Waals surface area (Å²) in [6, 6.07) is 7.22. The Balaban J connectivity index is 2.61. The second-order valence-corrected chi connectivity index (χ2v) is 5.23. The molecule has 4 heteroatoms. The smallest absolute Gasteiger partial charge is 0.211 e. The van der Waals surface area contributed by atoms with Crippen LogP contribution >= 0.6 is 0 Å². The van der Waals surface area contributed by atoms with Crippen molar-refractivity contribution in [2.75, 3.05) is 6.54 Å². The summed E-state index contributed by atoms with van der Waals surface area (Å²) >= 11 is 0. The highest BCUT2D eigenvalue weighted by Crippen LogP contribution is 2.29. The first-order valence-electron chi connectivity index (χ1n) is 4.73. The van der Waals surface area contributed by atoms with E-state index < -0.39 is 10.0 Å². The van der Waals surface area contributed by atoms with Crippen LogP contribution in [0.2, 0.25) is 0 Å². The van der Waals surface area contributed by atoms with Crippen molar-refractivity contribution in [1.82, 2.24) is 4.72 Å². The lowest BCUT2D eigenvalue weighted by Gasteiger charge is -2.24. The molecule has 0 aromatic heterocycles. The van der Waals surface area contributed by atoms with Crippen LogP contribution in [-0.2, 0) is 10.0 Å². The molecule has 76 valence electrons. The first kappa shape index (κ1) is 9.68. The van der Waals surface area contributed by atoms with Gasteiger partial charge in [-0.05, 0) is 24.0 Å². The molecule has 0 aliphatic carbocycles. The Morgan fingerprint density at radius 2 is 2.14 bits per heavy atom. The summed E-state index contributed by atoms with van der Waals surface area (Å²) in [7, 11) is -3.24. The maximum absolute atomic E-state index is 11.6. The van der Waals surface area contributed by atoms with Gasteiger partial charge in [0, 0.05) is 6.54 Å². The molecule has 2 rings (SSSR count). The minimum Gasteiger partial charge on any atom is -0.211 e. The lowest BCUT2D eigenvalue weighted by atomic mass is 9.96. The molecule has 1 N–H and O–H groups in total. The van der Waals surface area contributed by atoms with E-state index in [4.69, 9.17) is 0 Å². The SMILES string of the molecule is CC[C@@H]1CNS(=O)(=O)c2ccccc21. The monoisotopic (exact) mass is 211 g/mol. The number of benzene rings is 1. The van der Waals surface area contributed by atoms with Crippen molar-refractivity contribution in [2.24, 2.45) is 0 Å². The highest BCUT2D eigenvalue weighted by Gasteiger charge is 2.27. The van der Waals surface area contributed by atoms with E-state index in [9.17, 15) is 8.42 Å². The number of rotatable bonds is 1. The third-order valence-corrected chi connectivity index (χ3v) is 4.16. The lowest BCUT2D eigenvalue weighted by Crippen LogP contribution is -2.34. The highest BCUT2D eigenvalue weighted by molar-refractivity contribution is 7.89. The summed E-state index contributed by atoms with van der Waals surface area (Å²) in [5, 5.41) is 0. The average molecular weight is 211 g/mol. The largest absolute Gasteiger partial charge is 0.240 e. The van der Waals surface area contributed by atoms with Crippen molar-refractivity contribution in [3.8, 4) is 0 Å². The predicted octanol–water partition coefficient (Wildman–Crippen LogP) is 1.47. The Bertz CT molecular complexity index is 439. The van der Waals surface area contributed by atoms with Crippen LogP contribution in [0.3, 0.4) is 0 Å². The van der Waals surface area contributed by atoms with Crippen LogP contribution in [0.5, 0.6) is 0 Å². The van der Waals surface area contributed by atoms with Gasteiger partial charge in [0.25, 0.3) is 0 Å². The van der Waals surface area contributed by atoms with Gasteiger partial charge in [-0.15, -0.1) is 0 Å². The Morgan fingerprint density at radius 3 is 2.86 bits per heavy atom. The van der Waals surface area contributed by atoms with Gasteiger partial charge in [-0.3, -0.25) is 0 Å².